The van der Waals surface area contributed by atoms with Crippen molar-refractivity contribution >= 4 is 0 Å². The lowest BCUT2D eigenvalue weighted by molar-refractivity contribution is 0.0458. The van der Waals surface area contributed by atoms with E-state index < -0.39 is 0 Å². The van der Waals surface area contributed by atoms with Crippen molar-refractivity contribution in [2.24, 2.45) is 82.9 Å². The maximum absolute atomic E-state index is 4.62. The fraction of sp³-hybridized carbons (Fsp3) is 0.643. The maximum Gasteiger partial charge on any atom is 0.168 e. The van der Waals surface area contributed by atoms with Crippen molar-refractivity contribution in [1.82, 2.24) is 24.9 Å². The molecule has 0 aromatic carbocycles. The van der Waals surface area contributed by atoms with Gasteiger partial charge in [-0.25, -0.2) is 5.32 Å². The van der Waals surface area contributed by atoms with Gasteiger partial charge in [-0.05, 0) is 94.3 Å². The molecule has 4 aliphatic carbocycles. The Bertz CT molecular complexity index is 1760. The summed E-state index contributed by atoms with van der Waals surface area (Å²) in [5.41, 5.74) is 11.8. The van der Waals surface area contributed by atoms with Gasteiger partial charge in [-0.2, -0.15) is 0 Å². The van der Waals surface area contributed by atoms with Crippen LogP contribution in [0.4, 0.5) is 0 Å². The molecule has 0 bridgehead atoms. The van der Waals surface area contributed by atoms with Crippen molar-refractivity contribution in [2.45, 2.75) is 150 Å². The first kappa shape index (κ1) is 47.0. The number of rotatable bonds is 14. The Labute approximate surface area is 374 Å². The van der Waals surface area contributed by atoms with Crippen molar-refractivity contribution in [3.8, 4) is 0 Å². The molecule has 61 heavy (non-hydrogen) atoms. The molecule has 2 heterocycles. The van der Waals surface area contributed by atoms with Gasteiger partial charge < -0.3 is 19.6 Å². The smallest absolute Gasteiger partial charge is 0.168 e. The van der Waals surface area contributed by atoms with Gasteiger partial charge in [0.15, 0.2) is 12.6 Å². The van der Waals surface area contributed by atoms with Crippen LogP contribution in [-0.2, 0) is 0 Å². The molecule has 0 saturated heterocycles. The summed E-state index contributed by atoms with van der Waals surface area (Å²) in [4.78, 5) is 10.8. The van der Waals surface area contributed by atoms with Crippen molar-refractivity contribution in [2.75, 3.05) is 0 Å². The van der Waals surface area contributed by atoms with Crippen LogP contribution in [-0.4, -0.2) is 32.2 Å². The average molecular weight is 830 g/mol. The van der Waals surface area contributed by atoms with E-state index in [1.807, 2.05) is 0 Å². The van der Waals surface area contributed by atoms with Gasteiger partial charge in [0, 0.05) is 71.3 Å². The molecule has 5 heteroatoms. The van der Waals surface area contributed by atoms with Gasteiger partial charge in [-0.1, -0.05) is 173 Å². The number of hydrogen-bond donors (Lipinski definition) is 1. The summed E-state index contributed by atoms with van der Waals surface area (Å²) < 4.78 is 0. The standard InChI is InChI=1S/C56H87N5/c1-33(2)43-21-19-22-44(34(3)4)51(43)58-29-31-60(53-47(37(9)10)27-25-41(17)49(53)39(13)14)55(58)57-56-59(52-45(35(5)6)23-20-24-46(52)36(7)8)30-32-61(56)54-48(38(11)12)28-26-42(18)50(54)40(15)16/h19-21,23,25-42,44,46,49-50,55-57H,22,24H2,1-18H3/t41?,42?,44-,46-,49+,50+,55?,56?/m1/s1. The van der Waals surface area contributed by atoms with Crippen LogP contribution in [0.25, 0.3) is 0 Å². The molecule has 0 aromatic heterocycles. The van der Waals surface area contributed by atoms with Crippen LogP contribution >= 0.6 is 0 Å². The lowest BCUT2D eigenvalue weighted by atomic mass is 9.74. The Morgan fingerprint density at radius 2 is 0.705 bits per heavy atom. The summed E-state index contributed by atoms with van der Waals surface area (Å²) in [5.74, 6) is 6.10. The second kappa shape index (κ2) is 19.1. The van der Waals surface area contributed by atoms with Gasteiger partial charge in [0.1, 0.15) is 0 Å². The summed E-state index contributed by atoms with van der Waals surface area (Å²) in [6.45, 7) is 43.5. The molecule has 0 aromatic rings. The number of hydrogen-bond acceptors (Lipinski definition) is 5. The molecule has 0 fully saturated rings. The van der Waals surface area contributed by atoms with E-state index in [9.17, 15) is 0 Å². The first-order valence-electron chi connectivity index (χ1n) is 24.7. The van der Waals surface area contributed by atoms with Gasteiger partial charge >= 0.3 is 0 Å². The average Bonchev–Trinajstić information content (AvgIpc) is 3.80. The molecule has 4 unspecified atom stereocenters. The van der Waals surface area contributed by atoms with Crippen LogP contribution < -0.4 is 5.32 Å². The lowest BCUT2D eigenvalue weighted by Crippen LogP contribution is -2.61. The van der Waals surface area contributed by atoms with Gasteiger partial charge in [0.2, 0.25) is 0 Å². The van der Waals surface area contributed by atoms with Gasteiger partial charge in [-0.3, -0.25) is 0 Å². The Hall–Kier alpha value is -3.44. The predicted octanol–water partition coefficient (Wildman–Crippen LogP) is 14.4. The summed E-state index contributed by atoms with van der Waals surface area (Å²) >= 11 is 0. The highest BCUT2D eigenvalue weighted by atomic mass is 15.6. The van der Waals surface area contributed by atoms with Crippen LogP contribution in [0.3, 0.4) is 0 Å². The first-order valence-corrected chi connectivity index (χ1v) is 24.7. The monoisotopic (exact) mass is 830 g/mol. The molecule has 0 radical (unpaired) electrons. The molecule has 6 rings (SSSR count). The summed E-state index contributed by atoms with van der Waals surface area (Å²) in [5, 5.41) is 4.62. The zero-order valence-corrected chi connectivity index (χ0v) is 41.9. The molecule has 0 spiro atoms. The molecule has 8 atom stereocenters. The minimum absolute atomic E-state index is 0.146. The molecule has 2 aliphatic heterocycles. The molecular weight excluding hydrogens is 743 g/mol. The van der Waals surface area contributed by atoms with Gasteiger partial charge in [0.25, 0.3) is 0 Å². The van der Waals surface area contributed by atoms with E-state index in [1.165, 1.54) is 45.1 Å². The van der Waals surface area contributed by atoms with Crippen LogP contribution in [0.1, 0.15) is 137 Å². The normalized spacial score (nSPS) is 29.8. The number of nitrogens with zero attached hydrogens (tertiary/aromatic N) is 4. The predicted molar refractivity (Wildman–Crippen MR) is 261 cm³/mol. The Morgan fingerprint density at radius 3 is 0.984 bits per heavy atom. The van der Waals surface area contributed by atoms with Crippen molar-refractivity contribution in [3.05, 3.63) is 118 Å². The second-order valence-electron chi connectivity index (χ2n) is 22.1. The van der Waals surface area contributed by atoms with Crippen LogP contribution in [0, 0.1) is 82.9 Å². The van der Waals surface area contributed by atoms with E-state index in [2.05, 4.69) is 223 Å². The van der Waals surface area contributed by atoms with E-state index in [0.29, 0.717) is 82.9 Å². The molecule has 5 nitrogen and oxygen atoms in total. The Kier molecular flexibility index (Phi) is 14.7. The van der Waals surface area contributed by atoms with Gasteiger partial charge in [0.05, 0.1) is 0 Å². The highest BCUT2D eigenvalue weighted by Gasteiger charge is 2.47. The van der Waals surface area contributed by atoms with Crippen molar-refractivity contribution in [1.29, 1.82) is 0 Å². The quantitative estimate of drug-likeness (QED) is 0.188. The zero-order chi connectivity index (χ0) is 44.8. The number of nitrogens with one attached hydrogen (secondary N) is 1. The van der Waals surface area contributed by atoms with Crippen LogP contribution in [0.5, 0.6) is 0 Å². The van der Waals surface area contributed by atoms with E-state index in [4.69, 9.17) is 0 Å². The third-order valence-electron chi connectivity index (χ3n) is 15.0. The largest absolute Gasteiger partial charge is 0.316 e. The molecular formula is C56H87N5. The SMILES string of the molecule is CC(C)C1=C(N2C=CN(C3=C(C(C)C)C=CC[C@@H]3C(C)C)C2NC2N(C3=C(C(C)C)C=CC(C)[C@@H]3C(C)C)C=CN2C2=C(C(C)C)C=CC[C@@H]2C(C)C)[C@@H](C(C)C)C(C)C=C1. The molecule has 0 amide bonds. The molecule has 1 N–H and O–H groups in total. The van der Waals surface area contributed by atoms with Crippen molar-refractivity contribution in [3.63, 3.8) is 0 Å². The summed E-state index contributed by atoms with van der Waals surface area (Å²) in [7, 11) is 0. The minimum atomic E-state index is -0.146. The van der Waals surface area contributed by atoms with E-state index >= 15 is 0 Å². The van der Waals surface area contributed by atoms with E-state index in [-0.39, 0.29) is 12.6 Å². The van der Waals surface area contributed by atoms with Crippen LogP contribution in [0.15, 0.2) is 118 Å². The molecule has 336 valence electrons. The Balaban J connectivity index is 1.65. The lowest BCUT2D eigenvalue weighted by Gasteiger charge is -2.49. The third kappa shape index (κ3) is 9.03. The van der Waals surface area contributed by atoms with E-state index in [0.717, 1.165) is 12.8 Å². The Morgan fingerprint density at radius 1 is 0.410 bits per heavy atom. The topological polar surface area (TPSA) is 25.0 Å². The van der Waals surface area contributed by atoms with E-state index in [1.54, 1.807) is 0 Å². The fourth-order valence-electron chi connectivity index (χ4n) is 11.8. The first-order chi connectivity index (χ1) is 28.8. The van der Waals surface area contributed by atoms with Gasteiger partial charge in [-0.15, -0.1) is 0 Å². The molecule has 0 saturated carbocycles. The zero-order valence-electron chi connectivity index (χ0n) is 41.9. The summed E-state index contributed by atoms with van der Waals surface area (Å²) in [6.07, 6.45) is 31.4. The van der Waals surface area contributed by atoms with Crippen molar-refractivity contribution < 1.29 is 0 Å². The highest BCUT2D eigenvalue weighted by Crippen LogP contribution is 2.48. The maximum atomic E-state index is 4.62. The third-order valence-corrected chi connectivity index (χ3v) is 15.0. The second-order valence-corrected chi connectivity index (χ2v) is 22.1. The summed E-state index contributed by atoms with van der Waals surface area (Å²) in [6, 6.07) is 0. The fourth-order valence-corrected chi connectivity index (χ4v) is 11.8. The van der Waals surface area contributed by atoms with Crippen LogP contribution in [0.2, 0.25) is 0 Å². The highest BCUT2D eigenvalue weighted by molar-refractivity contribution is 5.42. The number of allylic oxidation sites excluding steroid dienone is 16. The molecule has 6 aliphatic rings. The minimum Gasteiger partial charge on any atom is -0.316 e.